The van der Waals surface area contributed by atoms with Gasteiger partial charge in [0.15, 0.2) is 0 Å². The largest absolute Gasteiger partial charge is 0.456 e. The minimum Gasteiger partial charge on any atom is -0.456 e. The fourth-order valence-electron chi connectivity index (χ4n) is 3.14. The van der Waals surface area contributed by atoms with E-state index in [4.69, 9.17) is 9.07 Å². The fourth-order valence-corrected chi connectivity index (χ4v) is 3.14. The number of hydrogen-bond acceptors (Lipinski definition) is 3. The van der Waals surface area contributed by atoms with E-state index in [0.717, 1.165) is 38.5 Å². The summed E-state index contributed by atoms with van der Waals surface area (Å²) in [5, 5.41) is 12.5. The first-order valence-corrected chi connectivity index (χ1v) is 9.61. The predicted octanol–water partition coefficient (Wildman–Crippen LogP) is 4.80. The zero-order chi connectivity index (χ0) is 19.9. The average molecular weight is 372 g/mol. The molecule has 0 radical (unpaired) electrons. The molecule has 0 saturated heterocycles. The lowest BCUT2D eigenvalue weighted by Gasteiger charge is -2.37. The second-order valence-corrected chi connectivity index (χ2v) is 8.36. The van der Waals surface area contributed by atoms with Crippen molar-refractivity contribution < 1.29 is 14.2 Å². The molecule has 3 nitrogen and oxygen atoms in total. The number of para-hydroxylation sites is 1. The maximum absolute atomic E-state index is 10.2. The van der Waals surface area contributed by atoms with Crippen molar-refractivity contribution in [2.75, 3.05) is 0 Å². The average Bonchev–Trinajstić information content (AvgIpc) is 3.04. The smallest absolute Gasteiger partial charge is 0.309 e. The number of aliphatic hydroxyl groups is 1. The highest BCUT2D eigenvalue weighted by Gasteiger charge is 2.35. The topological polar surface area (TPSA) is 42.6 Å². The van der Waals surface area contributed by atoms with Crippen LogP contribution in [-0.4, -0.2) is 23.8 Å². The van der Waals surface area contributed by atoms with Crippen LogP contribution < -0.4 is 5.46 Å². The summed E-state index contributed by atoms with van der Waals surface area (Å²) < 4.78 is 11.9. The third-order valence-electron chi connectivity index (χ3n) is 5.74. The quantitative estimate of drug-likeness (QED) is 0.512. The summed E-state index contributed by atoms with van der Waals surface area (Å²) in [6.07, 6.45) is 0. The Morgan fingerprint density at radius 2 is 1.43 bits per heavy atom. The van der Waals surface area contributed by atoms with Gasteiger partial charge < -0.3 is 14.2 Å². The van der Waals surface area contributed by atoms with Crippen LogP contribution in [0.3, 0.4) is 0 Å². The molecule has 0 fully saturated rings. The lowest BCUT2D eigenvalue weighted by molar-refractivity contribution is -0.0893. The van der Waals surface area contributed by atoms with Gasteiger partial charge in [-0.3, -0.25) is 0 Å². The van der Waals surface area contributed by atoms with E-state index in [1.807, 2.05) is 38.1 Å². The Bertz CT molecular complexity index is 1120. The van der Waals surface area contributed by atoms with E-state index in [2.05, 4.69) is 42.5 Å². The van der Waals surface area contributed by atoms with Gasteiger partial charge in [-0.25, -0.2) is 0 Å². The molecule has 0 aliphatic heterocycles. The van der Waals surface area contributed by atoms with Gasteiger partial charge in [-0.2, -0.15) is 0 Å². The molecule has 4 rings (SSSR count). The first kappa shape index (κ1) is 18.8. The van der Waals surface area contributed by atoms with E-state index in [9.17, 15) is 5.11 Å². The van der Waals surface area contributed by atoms with Gasteiger partial charge in [-0.15, -0.1) is 0 Å². The minimum absolute atomic E-state index is 0.461. The molecule has 1 N–H and O–H groups in total. The summed E-state index contributed by atoms with van der Waals surface area (Å²) in [6, 6.07) is 22.8. The van der Waals surface area contributed by atoms with Crippen LogP contribution in [0.25, 0.3) is 33.1 Å². The SMILES string of the molecule is CC(C)(O)C(C)(C)OBc1ccc(-c2ccc3oc4ccccc4c3c2)cc1. The monoisotopic (exact) mass is 372 g/mol. The van der Waals surface area contributed by atoms with Crippen molar-refractivity contribution in [3.63, 3.8) is 0 Å². The Kier molecular flexibility index (Phi) is 4.57. The predicted molar refractivity (Wildman–Crippen MR) is 117 cm³/mol. The van der Waals surface area contributed by atoms with Crippen LogP contribution in [0.15, 0.2) is 71.1 Å². The van der Waals surface area contributed by atoms with E-state index in [1.54, 1.807) is 13.8 Å². The summed E-state index contributed by atoms with van der Waals surface area (Å²) in [5.74, 6) is 0. The molecule has 0 spiro atoms. The Labute approximate surface area is 166 Å². The molecule has 1 heterocycles. The molecule has 0 amide bonds. The number of benzene rings is 3. The summed E-state index contributed by atoms with van der Waals surface area (Å²) in [5.41, 5.74) is 3.67. The Morgan fingerprint density at radius 3 is 2.14 bits per heavy atom. The molecule has 0 atom stereocenters. The van der Waals surface area contributed by atoms with Crippen molar-refractivity contribution >= 4 is 34.9 Å². The molecule has 0 saturated carbocycles. The van der Waals surface area contributed by atoms with Crippen LogP contribution in [0, 0.1) is 0 Å². The third kappa shape index (κ3) is 3.46. The molecule has 4 aromatic rings. The maximum atomic E-state index is 10.2. The zero-order valence-corrected chi connectivity index (χ0v) is 16.8. The molecule has 28 heavy (non-hydrogen) atoms. The van der Waals surface area contributed by atoms with E-state index >= 15 is 0 Å². The van der Waals surface area contributed by atoms with Gasteiger partial charge in [0.05, 0.1) is 11.2 Å². The standard InChI is InChI=1S/C24H25BO3/c1-23(2,26)24(3,4)28-25-18-12-9-16(10-13-18)17-11-14-22-20(15-17)19-7-5-6-8-21(19)27-22/h5-15,25-26H,1-4H3. The summed E-state index contributed by atoms with van der Waals surface area (Å²) >= 11 is 0. The van der Waals surface area contributed by atoms with Crippen LogP contribution in [0.5, 0.6) is 0 Å². The van der Waals surface area contributed by atoms with Crippen molar-refractivity contribution in [2.45, 2.75) is 38.9 Å². The molecular weight excluding hydrogens is 347 g/mol. The highest BCUT2D eigenvalue weighted by atomic mass is 16.5. The van der Waals surface area contributed by atoms with Crippen LogP contribution >= 0.6 is 0 Å². The van der Waals surface area contributed by atoms with Crippen molar-refractivity contribution in [2.24, 2.45) is 0 Å². The van der Waals surface area contributed by atoms with E-state index in [-0.39, 0.29) is 0 Å². The van der Waals surface area contributed by atoms with Crippen LogP contribution in [-0.2, 0) is 4.65 Å². The van der Waals surface area contributed by atoms with Gasteiger partial charge in [0.1, 0.15) is 11.2 Å². The minimum atomic E-state index is -0.907. The first-order chi connectivity index (χ1) is 13.2. The van der Waals surface area contributed by atoms with Crippen molar-refractivity contribution in [3.8, 4) is 11.1 Å². The Balaban J connectivity index is 1.58. The van der Waals surface area contributed by atoms with Crippen molar-refractivity contribution in [1.29, 1.82) is 0 Å². The summed E-state index contributed by atoms with van der Waals surface area (Å²) in [7, 11) is 0.461. The van der Waals surface area contributed by atoms with Gasteiger partial charge in [0, 0.05) is 10.8 Å². The molecular formula is C24H25BO3. The lowest BCUT2D eigenvalue weighted by atomic mass is 9.82. The molecule has 0 aliphatic carbocycles. The molecule has 4 heteroatoms. The zero-order valence-electron chi connectivity index (χ0n) is 16.8. The molecule has 0 unspecified atom stereocenters. The van der Waals surface area contributed by atoms with Gasteiger partial charge >= 0.3 is 7.48 Å². The van der Waals surface area contributed by atoms with Crippen LogP contribution in [0.1, 0.15) is 27.7 Å². The number of rotatable bonds is 5. The normalized spacial score (nSPS) is 12.6. The number of fused-ring (bicyclic) bond motifs is 3. The Morgan fingerprint density at radius 1 is 0.786 bits per heavy atom. The molecule has 142 valence electrons. The number of hydrogen-bond donors (Lipinski definition) is 1. The fraction of sp³-hybridized carbons (Fsp3) is 0.250. The second-order valence-electron chi connectivity index (χ2n) is 8.36. The van der Waals surface area contributed by atoms with Gasteiger partial charge in [0.25, 0.3) is 0 Å². The number of furan rings is 1. The first-order valence-electron chi connectivity index (χ1n) is 9.61. The van der Waals surface area contributed by atoms with Gasteiger partial charge in [-0.05, 0) is 57.0 Å². The third-order valence-corrected chi connectivity index (χ3v) is 5.74. The maximum Gasteiger partial charge on any atom is 0.309 e. The summed E-state index contributed by atoms with van der Waals surface area (Å²) in [4.78, 5) is 0. The van der Waals surface area contributed by atoms with Crippen LogP contribution in [0.2, 0.25) is 0 Å². The molecule has 0 bridgehead atoms. The second kappa shape index (κ2) is 6.80. The molecule has 0 aliphatic rings. The highest BCUT2D eigenvalue weighted by molar-refractivity contribution is 6.47. The van der Waals surface area contributed by atoms with E-state index in [0.29, 0.717) is 7.48 Å². The summed E-state index contributed by atoms with van der Waals surface area (Å²) in [6.45, 7) is 7.36. The van der Waals surface area contributed by atoms with Crippen molar-refractivity contribution in [3.05, 3.63) is 66.7 Å². The van der Waals surface area contributed by atoms with Gasteiger partial charge in [0.2, 0.25) is 0 Å². The van der Waals surface area contributed by atoms with Crippen LogP contribution in [0.4, 0.5) is 0 Å². The highest BCUT2D eigenvalue weighted by Crippen LogP contribution is 2.32. The van der Waals surface area contributed by atoms with Gasteiger partial charge in [-0.1, -0.05) is 54.0 Å². The van der Waals surface area contributed by atoms with Crippen molar-refractivity contribution in [1.82, 2.24) is 0 Å². The molecule has 1 aromatic heterocycles. The lowest BCUT2D eigenvalue weighted by Crippen LogP contribution is -2.49. The Hall–Kier alpha value is -2.56. The molecule has 3 aromatic carbocycles. The van der Waals surface area contributed by atoms with E-state index < -0.39 is 11.2 Å². The van der Waals surface area contributed by atoms with E-state index in [1.165, 1.54) is 0 Å².